The molecule has 2 aromatic heterocycles. The zero-order valence-corrected chi connectivity index (χ0v) is 13.8. The molecule has 0 radical (unpaired) electrons. The van der Waals surface area contributed by atoms with Crippen LogP contribution in [0.4, 0.5) is 5.69 Å². The van der Waals surface area contributed by atoms with Crippen LogP contribution >= 0.6 is 11.3 Å². The number of aromatic carboxylic acids is 1. The average molecular weight is 354 g/mol. The molecule has 0 aliphatic rings. The molecule has 0 fully saturated rings. The van der Waals surface area contributed by atoms with Crippen molar-refractivity contribution in [2.45, 2.75) is 0 Å². The number of aromatic nitrogens is 1. The van der Waals surface area contributed by atoms with Gasteiger partial charge in [0, 0.05) is 22.5 Å². The van der Waals surface area contributed by atoms with E-state index in [4.69, 9.17) is 9.84 Å². The van der Waals surface area contributed by atoms with Crippen molar-refractivity contribution in [3.05, 3.63) is 65.0 Å². The van der Waals surface area contributed by atoms with E-state index >= 15 is 0 Å². The van der Waals surface area contributed by atoms with Crippen LogP contribution in [-0.4, -0.2) is 28.6 Å². The molecule has 1 amide bonds. The minimum absolute atomic E-state index is 0.0677. The number of hydrogen-bond donors (Lipinski definition) is 2. The zero-order chi connectivity index (χ0) is 17.6. The maximum atomic E-state index is 11.9. The highest BCUT2D eigenvalue weighted by Crippen LogP contribution is 2.22. The number of carboxylic acid groups (broad SMARTS) is 1. The molecule has 6 nitrogen and oxygen atoms in total. The van der Waals surface area contributed by atoms with Crippen LogP contribution in [-0.2, 0) is 4.79 Å². The quantitative estimate of drug-likeness (QED) is 0.707. The number of carboxylic acids is 1. The minimum atomic E-state index is -1.08. The molecule has 25 heavy (non-hydrogen) atoms. The van der Waals surface area contributed by atoms with E-state index in [-0.39, 0.29) is 17.9 Å². The summed E-state index contributed by atoms with van der Waals surface area (Å²) in [4.78, 5) is 27.2. The molecule has 0 spiro atoms. The van der Waals surface area contributed by atoms with E-state index in [2.05, 4.69) is 10.3 Å². The second-order valence-corrected chi connectivity index (χ2v) is 5.82. The normalized spacial score (nSPS) is 10.2. The standard InChI is InChI=1S/C18H14N2O4S/c21-17(20-16-11-25-10-14(16)18(22)23)9-24-13-6-4-12(5-7-13)15-3-1-2-8-19-15/h1-8,10-11H,9H2,(H,20,21)(H,22,23). The molecule has 7 heteroatoms. The summed E-state index contributed by atoms with van der Waals surface area (Å²) < 4.78 is 5.43. The lowest BCUT2D eigenvalue weighted by Gasteiger charge is -2.08. The third-order valence-corrected chi connectivity index (χ3v) is 4.09. The van der Waals surface area contributed by atoms with Crippen molar-refractivity contribution in [1.29, 1.82) is 0 Å². The van der Waals surface area contributed by atoms with Gasteiger partial charge in [-0.25, -0.2) is 4.79 Å². The molecule has 0 aliphatic carbocycles. The van der Waals surface area contributed by atoms with Gasteiger partial charge in [0.1, 0.15) is 5.75 Å². The Morgan fingerprint density at radius 3 is 2.60 bits per heavy atom. The van der Waals surface area contributed by atoms with Gasteiger partial charge in [0.25, 0.3) is 5.91 Å². The van der Waals surface area contributed by atoms with Gasteiger partial charge in [-0.15, -0.1) is 11.3 Å². The van der Waals surface area contributed by atoms with Crippen molar-refractivity contribution < 1.29 is 19.4 Å². The molecule has 126 valence electrons. The Bertz CT molecular complexity index is 876. The summed E-state index contributed by atoms with van der Waals surface area (Å²) in [7, 11) is 0. The molecule has 2 N–H and O–H groups in total. The van der Waals surface area contributed by atoms with Crippen LogP contribution < -0.4 is 10.1 Å². The average Bonchev–Trinajstić information content (AvgIpc) is 3.09. The van der Waals surface area contributed by atoms with Gasteiger partial charge in [-0.1, -0.05) is 6.07 Å². The first-order chi connectivity index (χ1) is 12.1. The molecule has 0 saturated carbocycles. The maximum Gasteiger partial charge on any atom is 0.338 e. The second-order valence-electron chi connectivity index (χ2n) is 5.08. The summed E-state index contributed by atoms with van der Waals surface area (Å²) in [6.07, 6.45) is 1.72. The van der Waals surface area contributed by atoms with Crippen molar-refractivity contribution in [2.24, 2.45) is 0 Å². The summed E-state index contributed by atoms with van der Waals surface area (Å²) in [5.74, 6) is -0.962. The van der Waals surface area contributed by atoms with E-state index in [1.54, 1.807) is 23.7 Å². The van der Waals surface area contributed by atoms with Gasteiger partial charge >= 0.3 is 5.97 Å². The van der Waals surface area contributed by atoms with Crippen LogP contribution in [0.15, 0.2) is 59.4 Å². The Morgan fingerprint density at radius 1 is 1.12 bits per heavy atom. The van der Waals surface area contributed by atoms with E-state index < -0.39 is 11.9 Å². The van der Waals surface area contributed by atoms with Crippen molar-refractivity contribution in [2.75, 3.05) is 11.9 Å². The fourth-order valence-corrected chi connectivity index (χ4v) is 2.90. The highest BCUT2D eigenvalue weighted by atomic mass is 32.1. The van der Waals surface area contributed by atoms with E-state index in [0.29, 0.717) is 5.75 Å². The number of hydrogen-bond acceptors (Lipinski definition) is 5. The molecular formula is C18H14N2O4S. The lowest BCUT2D eigenvalue weighted by Crippen LogP contribution is -2.21. The van der Waals surface area contributed by atoms with Crippen LogP contribution in [0.3, 0.4) is 0 Å². The van der Waals surface area contributed by atoms with E-state index in [1.165, 1.54) is 16.7 Å². The number of ether oxygens (including phenoxy) is 1. The number of rotatable bonds is 6. The molecule has 3 aromatic rings. The summed E-state index contributed by atoms with van der Waals surface area (Å²) in [6, 6.07) is 12.9. The molecule has 3 rings (SSSR count). The second kappa shape index (κ2) is 7.59. The summed E-state index contributed by atoms with van der Waals surface area (Å²) in [6.45, 7) is -0.210. The molecule has 0 atom stereocenters. The van der Waals surface area contributed by atoms with Gasteiger partial charge in [-0.2, -0.15) is 0 Å². The van der Waals surface area contributed by atoms with Crippen molar-refractivity contribution in [3.8, 4) is 17.0 Å². The van der Waals surface area contributed by atoms with E-state index in [1.807, 2.05) is 30.3 Å². The largest absolute Gasteiger partial charge is 0.484 e. The number of nitrogens with zero attached hydrogens (tertiary/aromatic N) is 1. The van der Waals surface area contributed by atoms with Crippen molar-refractivity contribution in [1.82, 2.24) is 4.98 Å². The lowest BCUT2D eigenvalue weighted by atomic mass is 10.1. The molecule has 0 aliphatic heterocycles. The number of nitrogens with one attached hydrogen (secondary N) is 1. The molecule has 2 heterocycles. The first kappa shape index (κ1) is 16.7. The van der Waals surface area contributed by atoms with Crippen molar-refractivity contribution >= 4 is 28.9 Å². The predicted molar refractivity (Wildman–Crippen MR) is 95.1 cm³/mol. The van der Waals surface area contributed by atoms with Crippen LogP contribution in [0, 0.1) is 0 Å². The number of benzene rings is 1. The van der Waals surface area contributed by atoms with Gasteiger partial charge in [0.15, 0.2) is 6.61 Å². The number of anilines is 1. The van der Waals surface area contributed by atoms with Gasteiger partial charge in [0.05, 0.1) is 16.9 Å². The van der Waals surface area contributed by atoms with E-state index in [0.717, 1.165) is 11.3 Å². The summed E-state index contributed by atoms with van der Waals surface area (Å²) in [5, 5.41) is 14.6. The fraction of sp³-hybridized carbons (Fsp3) is 0.0556. The molecule has 1 aromatic carbocycles. The minimum Gasteiger partial charge on any atom is -0.484 e. The van der Waals surface area contributed by atoms with Crippen LogP contribution in [0.25, 0.3) is 11.3 Å². The van der Waals surface area contributed by atoms with Crippen LogP contribution in [0.2, 0.25) is 0 Å². The molecule has 0 bridgehead atoms. The van der Waals surface area contributed by atoms with Crippen LogP contribution in [0.5, 0.6) is 5.75 Å². The Labute approximate surface area is 147 Å². The first-order valence-electron chi connectivity index (χ1n) is 7.37. The van der Waals surface area contributed by atoms with Gasteiger partial charge in [-0.05, 0) is 36.4 Å². The lowest BCUT2D eigenvalue weighted by molar-refractivity contribution is -0.118. The third-order valence-electron chi connectivity index (χ3n) is 3.35. The number of carbonyl (C=O) groups excluding carboxylic acids is 1. The van der Waals surface area contributed by atoms with E-state index in [9.17, 15) is 9.59 Å². The number of thiophene rings is 1. The Morgan fingerprint density at radius 2 is 1.92 bits per heavy atom. The molecular weight excluding hydrogens is 340 g/mol. The topological polar surface area (TPSA) is 88.5 Å². The summed E-state index contributed by atoms with van der Waals surface area (Å²) in [5.41, 5.74) is 2.14. The van der Waals surface area contributed by atoms with Gasteiger partial charge in [0.2, 0.25) is 0 Å². The fourth-order valence-electron chi connectivity index (χ4n) is 2.15. The monoisotopic (exact) mass is 354 g/mol. The summed E-state index contributed by atoms with van der Waals surface area (Å²) >= 11 is 1.21. The number of amides is 1. The molecule has 0 unspecified atom stereocenters. The SMILES string of the molecule is O=C(COc1ccc(-c2ccccn2)cc1)Nc1cscc1C(=O)O. The smallest absolute Gasteiger partial charge is 0.338 e. The highest BCUT2D eigenvalue weighted by molar-refractivity contribution is 7.08. The number of carbonyl (C=O) groups is 2. The van der Waals surface area contributed by atoms with Crippen LogP contribution in [0.1, 0.15) is 10.4 Å². The van der Waals surface area contributed by atoms with Crippen molar-refractivity contribution in [3.63, 3.8) is 0 Å². The Kier molecular flexibility index (Phi) is 5.06. The Balaban J connectivity index is 1.57. The molecule has 0 saturated heterocycles. The van der Waals surface area contributed by atoms with Gasteiger partial charge in [-0.3, -0.25) is 9.78 Å². The third kappa shape index (κ3) is 4.21. The predicted octanol–water partition coefficient (Wildman–Crippen LogP) is 3.53. The number of pyridine rings is 1. The maximum absolute atomic E-state index is 11.9. The van der Waals surface area contributed by atoms with Gasteiger partial charge < -0.3 is 15.2 Å². The Hall–Kier alpha value is -3.19. The highest BCUT2D eigenvalue weighted by Gasteiger charge is 2.13. The first-order valence-corrected chi connectivity index (χ1v) is 8.31. The zero-order valence-electron chi connectivity index (χ0n) is 13.0.